The summed E-state index contributed by atoms with van der Waals surface area (Å²) >= 11 is 0. The van der Waals surface area contributed by atoms with Gasteiger partial charge in [0.1, 0.15) is 12.6 Å². The van der Waals surface area contributed by atoms with Crippen LogP contribution in [0.25, 0.3) is 0 Å². The number of aliphatic hydroxyl groups is 2. The summed E-state index contributed by atoms with van der Waals surface area (Å²) < 4.78 is 0. The minimum Gasteiger partial charge on any atom is -0.396 e. The van der Waals surface area contributed by atoms with E-state index in [-0.39, 0.29) is 12.3 Å². The molecular formula is C32H72O4. The summed E-state index contributed by atoms with van der Waals surface area (Å²) in [6, 6.07) is 0. The van der Waals surface area contributed by atoms with Crippen LogP contribution in [0.15, 0.2) is 23.3 Å². The van der Waals surface area contributed by atoms with Crippen LogP contribution in [0.2, 0.25) is 0 Å². The lowest BCUT2D eigenvalue weighted by atomic mass is 10.0. The fraction of sp³-hybridized carbons (Fsp3) is 0.812. The molecule has 0 aromatic rings. The van der Waals surface area contributed by atoms with Crippen LogP contribution >= 0.6 is 0 Å². The van der Waals surface area contributed by atoms with E-state index in [2.05, 4.69) is 54.5 Å². The summed E-state index contributed by atoms with van der Waals surface area (Å²) in [4.78, 5) is 20.4. The van der Waals surface area contributed by atoms with Crippen molar-refractivity contribution < 1.29 is 25.5 Å². The maximum Gasteiger partial charge on any atom is 0.145 e. The molecule has 2 unspecified atom stereocenters. The van der Waals surface area contributed by atoms with Gasteiger partial charge in [-0.2, -0.15) is 0 Å². The second kappa shape index (κ2) is 38.3. The number of hydrogen-bond acceptors (Lipinski definition) is 4. The van der Waals surface area contributed by atoms with Crippen molar-refractivity contribution in [2.24, 2.45) is 11.8 Å². The van der Waals surface area contributed by atoms with Crippen LogP contribution in [0.1, 0.15) is 151 Å². The van der Waals surface area contributed by atoms with Crippen LogP contribution in [0.5, 0.6) is 0 Å². The Bertz CT molecular complexity index is 491. The zero-order valence-electron chi connectivity index (χ0n) is 25.5. The Morgan fingerprint density at radius 1 is 0.722 bits per heavy atom. The molecule has 0 aliphatic heterocycles. The number of rotatable bonds is 18. The fourth-order valence-corrected chi connectivity index (χ4v) is 3.03. The van der Waals surface area contributed by atoms with E-state index in [1.165, 1.54) is 38.5 Å². The van der Waals surface area contributed by atoms with E-state index in [0.717, 1.165) is 75.1 Å². The van der Waals surface area contributed by atoms with Gasteiger partial charge in [0.15, 0.2) is 0 Å². The number of carbonyl (C=O) groups is 2. The Labute approximate surface area is 232 Å². The number of aliphatic hydroxyl groups excluding tert-OH is 2. The third-order valence-corrected chi connectivity index (χ3v) is 6.08. The minimum atomic E-state index is 0. The molecule has 0 aliphatic rings. The quantitative estimate of drug-likeness (QED) is 0.107. The van der Waals surface area contributed by atoms with E-state index in [0.29, 0.717) is 18.4 Å². The summed E-state index contributed by atoms with van der Waals surface area (Å²) in [6.07, 6.45) is 21.7. The molecule has 4 nitrogen and oxygen atoms in total. The van der Waals surface area contributed by atoms with Crippen molar-refractivity contribution in [3.8, 4) is 0 Å². The van der Waals surface area contributed by atoms with Crippen LogP contribution in [0.4, 0.5) is 0 Å². The molecule has 2 atom stereocenters. The van der Waals surface area contributed by atoms with Gasteiger partial charge in [-0.25, -0.2) is 0 Å². The predicted molar refractivity (Wildman–Crippen MR) is 168 cm³/mol. The van der Waals surface area contributed by atoms with Gasteiger partial charge in [0, 0.05) is 18.2 Å². The van der Waals surface area contributed by atoms with Crippen LogP contribution in [-0.2, 0) is 9.59 Å². The highest BCUT2D eigenvalue weighted by Crippen LogP contribution is 2.10. The normalized spacial score (nSPS) is 12.6. The first-order chi connectivity index (χ1) is 17.4. The molecule has 0 rings (SSSR count). The number of aldehydes is 2. The molecule has 0 aromatic carbocycles. The van der Waals surface area contributed by atoms with Gasteiger partial charge in [-0.15, -0.1) is 0 Å². The Kier molecular flexibility index (Phi) is 44.5. The summed E-state index contributed by atoms with van der Waals surface area (Å²) in [7, 11) is 0. The molecule has 4 heteroatoms. The van der Waals surface area contributed by atoms with Crippen LogP contribution in [0, 0.1) is 11.8 Å². The van der Waals surface area contributed by atoms with Crippen molar-refractivity contribution in [2.45, 2.75) is 145 Å². The van der Waals surface area contributed by atoms with Crippen molar-refractivity contribution in [1.29, 1.82) is 0 Å². The molecule has 0 bridgehead atoms. The standard InChI is InChI=1S/C8H18O.2C8H16O.C8H14O.4H2/c4*1-3-5-6-8(4-2)7-9;;;;/h8-9H,3-7H2,1-2H3;7-8H,3-6H2,1-2H3;6,9H,3-5,7H2,1-2H3;6-7H,3-5H2,1-2H3;4*1H/b;;2*8-6+;;;;. The molecule has 0 heterocycles. The minimum absolute atomic E-state index is 0. The molecule has 0 spiro atoms. The SMILES string of the molecule is CCC/C=C(/C=O)CC.CCC/C=C(\CC)CO.CCCCC(C=O)CC.CCCCC(CC)CO.[HH].[HH].[HH].[HH]. The topological polar surface area (TPSA) is 74.6 Å². The van der Waals surface area contributed by atoms with Gasteiger partial charge in [-0.3, -0.25) is 4.79 Å². The zero-order valence-corrected chi connectivity index (χ0v) is 25.5. The smallest absolute Gasteiger partial charge is 0.145 e. The molecule has 36 heavy (non-hydrogen) atoms. The van der Waals surface area contributed by atoms with E-state index in [4.69, 9.17) is 10.2 Å². The number of allylic oxidation sites excluding steroid dienone is 3. The van der Waals surface area contributed by atoms with Gasteiger partial charge < -0.3 is 15.0 Å². The van der Waals surface area contributed by atoms with Crippen molar-refractivity contribution in [3.05, 3.63) is 23.3 Å². The molecular weight excluding hydrogens is 448 g/mol. The molecule has 2 N–H and O–H groups in total. The van der Waals surface area contributed by atoms with Gasteiger partial charge >= 0.3 is 0 Å². The molecule has 224 valence electrons. The molecule has 0 radical (unpaired) electrons. The monoisotopic (exact) mass is 521 g/mol. The van der Waals surface area contributed by atoms with Gasteiger partial charge in [0.25, 0.3) is 0 Å². The molecule has 0 saturated carbocycles. The number of carbonyl (C=O) groups excluding carboxylic acids is 2. The van der Waals surface area contributed by atoms with Crippen molar-refractivity contribution in [3.63, 3.8) is 0 Å². The van der Waals surface area contributed by atoms with E-state index >= 15 is 0 Å². The lowest BCUT2D eigenvalue weighted by molar-refractivity contribution is -0.111. The summed E-state index contributed by atoms with van der Waals surface area (Å²) in [5.41, 5.74) is 2.09. The van der Waals surface area contributed by atoms with Gasteiger partial charge in [-0.05, 0) is 62.0 Å². The Hall–Kier alpha value is -1.26. The Morgan fingerprint density at radius 2 is 1.28 bits per heavy atom. The molecule has 0 saturated heterocycles. The Balaban J connectivity index is -0.0000000551. The van der Waals surface area contributed by atoms with Crippen LogP contribution < -0.4 is 0 Å². The third-order valence-electron chi connectivity index (χ3n) is 6.08. The number of hydrogen-bond donors (Lipinski definition) is 2. The van der Waals surface area contributed by atoms with Gasteiger partial charge in [-0.1, -0.05) is 112 Å². The first-order valence-corrected chi connectivity index (χ1v) is 14.9. The zero-order chi connectivity index (χ0) is 28.5. The second-order valence-electron chi connectivity index (χ2n) is 9.25. The average molecular weight is 521 g/mol. The largest absolute Gasteiger partial charge is 0.396 e. The summed E-state index contributed by atoms with van der Waals surface area (Å²) in [5, 5.41) is 17.4. The Morgan fingerprint density at radius 3 is 1.61 bits per heavy atom. The van der Waals surface area contributed by atoms with Crippen LogP contribution in [-0.4, -0.2) is 36.0 Å². The second-order valence-corrected chi connectivity index (χ2v) is 9.25. The van der Waals surface area contributed by atoms with Crippen LogP contribution in [0.3, 0.4) is 0 Å². The fourth-order valence-electron chi connectivity index (χ4n) is 3.03. The lowest BCUT2D eigenvalue weighted by Gasteiger charge is -2.08. The maximum atomic E-state index is 10.2. The van der Waals surface area contributed by atoms with Gasteiger partial charge in [0.05, 0.1) is 6.61 Å². The van der Waals surface area contributed by atoms with Crippen molar-refractivity contribution >= 4 is 12.6 Å². The third kappa shape index (κ3) is 34.9. The van der Waals surface area contributed by atoms with Crippen molar-refractivity contribution in [1.82, 2.24) is 0 Å². The maximum absolute atomic E-state index is 10.2. The first kappa shape index (κ1) is 41.9. The molecule has 0 aliphatic carbocycles. The number of unbranched alkanes of at least 4 members (excludes halogenated alkanes) is 4. The lowest BCUT2D eigenvalue weighted by Crippen LogP contribution is -2.03. The summed E-state index contributed by atoms with van der Waals surface area (Å²) in [5.74, 6) is 0.884. The van der Waals surface area contributed by atoms with Gasteiger partial charge in [0.2, 0.25) is 0 Å². The van der Waals surface area contributed by atoms with E-state index in [1.807, 2.05) is 13.0 Å². The molecule has 0 aromatic heterocycles. The van der Waals surface area contributed by atoms with E-state index < -0.39 is 0 Å². The molecule has 0 fully saturated rings. The highest BCUT2D eigenvalue weighted by molar-refractivity contribution is 5.72. The summed E-state index contributed by atoms with van der Waals surface area (Å²) in [6.45, 7) is 17.4. The highest BCUT2D eigenvalue weighted by atomic mass is 16.3. The first-order valence-electron chi connectivity index (χ1n) is 14.9. The highest BCUT2D eigenvalue weighted by Gasteiger charge is 2.02. The van der Waals surface area contributed by atoms with Crippen molar-refractivity contribution in [2.75, 3.05) is 13.2 Å². The van der Waals surface area contributed by atoms with E-state index in [1.54, 1.807) is 0 Å². The molecule has 0 amide bonds. The average Bonchev–Trinajstić information content (AvgIpc) is 2.92. The predicted octanol–water partition coefficient (Wildman–Crippen LogP) is 10.0. The van der Waals surface area contributed by atoms with E-state index in [9.17, 15) is 9.59 Å².